The van der Waals surface area contributed by atoms with Gasteiger partial charge in [0.05, 0.1) is 21.8 Å². The maximum Gasteiger partial charge on any atom is 0.231 e. The first-order chi connectivity index (χ1) is 16.6. The van der Waals surface area contributed by atoms with Crippen LogP contribution in [0.15, 0.2) is 77.3 Å². The van der Waals surface area contributed by atoms with Gasteiger partial charge in [-0.2, -0.15) is 0 Å². The Morgan fingerprint density at radius 1 is 0.941 bits per heavy atom. The molecule has 1 N–H and O–H groups in total. The predicted molar refractivity (Wildman–Crippen MR) is 135 cm³/mol. The zero-order valence-electron chi connectivity index (χ0n) is 17.6. The zero-order valence-corrected chi connectivity index (χ0v) is 19.9. The second-order valence-corrected chi connectivity index (χ2v) is 9.07. The molecule has 0 bridgehead atoms. The van der Waals surface area contributed by atoms with E-state index in [0.29, 0.717) is 32.4 Å². The van der Waals surface area contributed by atoms with Gasteiger partial charge < -0.3 is 24.1 Å². The Balaban J connectivity index is 1.44. The van der Waals surface area contributed by atoms with E-state index in [1.807, 2.05) is 59.5 Å². The highest BCUT2D eigenvalue weighted by atomic mass is 35.5. The number of hydrogen-bond donors (Lipinski definition) is 1. The predicted octanol–water partition coefficient (Wildman–Crippen LogP) is 6.55. The van der Waals surface area contributed by atoms with Gasteiger partial charge in [0.25, 0.3) is 0 Å². The minimum atomic E-state index is -0.292. The lowest BCUT2D eigenvalue weighted by Crippen LogP contribution is -2.29. The van der Waals surface area contributed by atoms with Crippen molar-refractivity contribution in [1.82, 2.24) is 10.3 Å². The van der Waals surface area contributed by atoms with Crippen LogP contribution in [0, 0.1) is 0 Å². The van der Waals surface area contributed by atoms with Crippen molar-refractivity contribution >= 4 is 46.2 Å². The lowest BCUT2D eigenvalue weighted by atomic mass is 10.0. The number of ether oxygens (including phenoxy) is 2. The molecule has 9 heteroatoms. The monoisotopic (exact) mass is 509 g/mol. The summed E-state index contributed by atoms with van der Waals surface area (Å²) in [5.74, 6) is 2.79. The lowest BCUT2D eigenvalue weighted by Gasteiger charge is -2.26. The summed E-state index contributed by atoms with van der Waals surface area (Å²) in [5.41, 5.74) is 2.54. The van der Waals surface area contributed by atoms with E-state index >= 15 is 0 Å². The molecule has 0 unspecified atom stereocenters. The van der Waals surface area contributed by atoms with E-state index in [2.05, 4.69) is 10.3 Å². The summed E-state index contributed by atoms with van der Waals surface area (Å²) in [6.07, 6.45) is 1.77. The topological polar surface area (TPSA) is 59.8 Å². The fourth-order valence-corrected chi connectivity index (χ4v) is 4.92. The van der Waals surface area contributed by atoms with Crippen LogP contribution >= 0.6 is 35.4 Å². The lowest BCUT2D eigenvalue weighted by molar-refractivity contribution is 0.174. The quantitative estimate of drug-likeness (QED) is 0.312. The van der Waals surface area contributed by atoms with Gasteiger partial charge in [-0.1, -0.05) is 29.3 Å². The second kappa shape index (κ2) is 8.51. The van der Waals surface area contributed by atoms with Crippen molar-refractivity contribution in [3.63, 3.8) is 0 Å². The third-order valence-electron chi connectivity index (χ3n) is 5.85. The number of halogens is 2. The van der Waals surface area contributed by atoms with Crippen LogP contribution in [-0.4, -0.2) is 16.9 Å². The van der Waals surface area contributed by atoms with Gasteiger partial charge in [-0.05, 0) is 66.8 Å². The van der Waals surface area contributed by atoms with Crippen LogP contribution in [0.1, 0.15) is 23.5 Å². The minimum Gasteiger partial charge on any atom is -0.459 e. The van der Waals surface area contributed by atoms with Crippen molar-refractivity contribution in [2.24, 2.45) is 0 Å². The average molecular weight is 510 g/mol. The Morgan fingerprint density at radius 3 is 2.65 bits per heavy atom. The molecule has 1 fully saturated rings. The number of benzene rings is 2. The van der Waals surface area contributed by atoms with Crippen LogP contribution in [0.25, 0.3) is 11.3 Å². The van der Waals surface area contributed by atoms with Crippen molar-refractivity contribution in [2.75, 3.05) is 11.7 Å². The molecule has 2 aliphatic rings. The Labute approximate surface area is 211 Å². The molecular weight excluding hydrogens is 493 g/mol. The fourth-order valence-electron chi connectivity index (χ4n) is 4.27. The Morgan fingerprint density at radius 2 is 1.82 bits per heavy atom. The first-order valence-electron chi connectivity index (χ1n) is 10.5. The normalized spacial score (nSPS) is 18.9. The Kier molecular flexibility index (Phi) is 5.32. The second-order valence-electron chi connectivity index (χ2n) is 7.87. The number of furan rings is 1. The van der Waals surface area contributed by atoms with Crippen LogP contribution in [0.2, 0.25) is 10.0 Å². The molecule has 4 heterocycles. The van der Waals surface area contributed by atoms with Gasteiger partial charge in [0.2, 0.25) is 6.79 Å². The summed E-state index contributed by atoms with van der Waals surface area (Å²) in [7, 11) is 0. The molecule has 4 aromatic rings. The highest BCUT2D eigenvalue weighted by molar-refractivity contribution is 7.80. The number of thiocarbonyl (C=S) groups is 1. The number of anilines is 1. The van der Waals surface area contributed by atoms with Crippen molar-refractivity contribution in [3.05, 3.63) is 94.4 Å². The molecule has 0 saturated carbocycles. The molecule has 0 radical (unpaired) electrons. The first kappa shape index (κ1) is 21.3. The number of rotatable bonds is 4. The SMILES string of the molecule is S=C1N[C@@H](c2ccccn2)[C@H](c2ccc(-c3ccc(Cl)c(Cl)c3)o2)N1c1ccc2c(c1)OCO2. The molecule has 34 heavy (non-hydrogen) atoms. The number of nitrogens with one attached hydrogen (secondary N) is 1. The van der Waals surface area contributed by atoms with E-state index in [-0.39, 0.29) is 18.9 Å². The molecular formula is C25H17Cl2N3O3S. The van der Waals surface area contributed by atoms with Gasteiger partial charge in [-0.15, -0.1) is 0 Å². The van der Waals surface area contributed by atoms with Gasteiger partial charge in [0.15, 0.2) is 16.6 Å². The van der Waals surface area contributed by atoms with Crippen molar-refractivity contribution in [1.29, 1.82) is 0 Å². The van der Waals surface area contributed by atoms with E-state index in [1.165, 1.54) is 0 Å². The number of hydrogen-bond acceptors (Lipinski definition) is 5. The van der Waals surface area contributed by atoms with Crippen LogP contribution < -0.4 is 19.7 Å². The Bertz CT molecular complexity index is 1400. The molecule has 2 aliphatic heterocycles. The van der Waals surface area contributed by atoms with Crippen LogP contribution in [0.3, 0.4) is 0 Å². The largest absolute Gasteiger partial charge is 0.459 e. The molecule has 1 saturated heterocycles. The number of aromatic nitrogens is 1. The van der Waals surface area contributed by atoms with Gasteiger partial charge in [-0.25, -0.2) is 0 Å². The van der Waals surface area contributed by atoms with Crippen LogP contribution in [0.5, 0.6) is 11.5 Å². The zero-order chi connectivity index (χ0) is 23.2. The van der Waals surface area contributed by atoms with Gasteiger partial charge in [-0.3, -0.25) is 4.98 Å². The van der Waals surface area contributed by atoms with Gasteiger partial charge in [0, 0.05) is 23.5 Å². The van der Waals surface area contributed by atoms with Crippen molar-refractivity contribution in [2.45, 2.75) is 12.1 Å². The molecule has 170 valence electrons. The van der Waals surface area contributed by atoms with Crippen LogP contribution in [-0.2, 0) is 0 Å². The molecule has 0 spiro atoms. The molecule has 6 rings (SSSR count). The van der Waals surface area contributed by atoms with E-state index in [4.69, 9.17) is 49.3 Å². The van der Waals surface area contributed by atoms with Gasteiger partial charge >= 0.3 is 0 Å². The summed E-state index contributed by atoms with van der Waals surface area (Å²) in [4.78, 5) is 6.60. The number of fused-ring (bicyclic) bond motifs is 1. The molecule has 2 atom stereocenters. The van der Waals surface area contributed by atoms with Gasteiger partial charge in [0.1, 0.15) is 17.6 Å². The van der Waals surface area contributed by atoms with Crippen molar-refractivity contribution in [3.8, 4) is 22.8 Å². The summed E-state index contributed by atoms with van der Waals surface area (Å²) in [6.45, 7) is 0.201. The van der Waals surface area contributed by atoms with Crippen molar-refractivity contribution < 1.29 is 13.9 Å². The third-order valence-corrected chi connectivity index (χ3v) is 6.91. The van der Waals surface area contributed by atoms with E-state index < -0.39 is 0 Å². The summed E-state index contributed by atoms with van der Waals surface area (Å²) < 4.78 is 17.4. The van der Waals surface area contributed by atoms with E-state index in [9.17, 15) is 0 Å². The summed E-state index contributed by atoms with van der Waals surface area (Å²) in [6, 6.07) is 20.3. The maximum absolute atomic E-state index is 6.37. The highest BCUT2D eigenvalue weighted by Crippen LogP contribution is 2.45. The number of pyridine rings is 1. The maximum atomic E-state index is 6.37. The highest BCUT2D eigenvalue weighted by Gasteiger charge is 2.43. The Hall–Kier alpha value is -3.26. The van der Waals surface area contributed by atoms with Crippen LogP contribution in [0.4, 0.5) is 5.69 Å². The minimum absolute atomic E-state index is 0.201. The third kappa shape index (κ3) is 3.66. The summed E-state index contributed by atoms with van der Waals surface area (Å²) in [5, 5.41) is 4.95. The molecule has 6 nitrogen and oxygen atoms in total. The standard InChI is InChI=1S/C25H17Cl2N3O3S/c26-16-6-4-14(11-17(16)27)19-8-9-21(33-19)24-23(18-3-1-2-10-28-18)29-25(34)30(24)15-5-7-20-22(12-15)32-13-31-20/h1-12,23-24H,13H2,(H,29,34)/t23-,24-/m0/s1. The molecule has 0 amide bonds. The molecule has 2 aromatic heterocycles. The fraction of sp³-hybridized carbons (Fsp3) is 0.120. The summed E-state index contributed by atoms with van der Waals surface area (Å²) >= 11 is 18.1. The van der Waals surface area contributed by atoms with E-state index in [1.54, 1.807) is 18.3 Å². The number of nitrogens with zero attached hydrogens (tertiary/aromatic N) is 2. The van der Waals surface area contributed by atoms with E-state index in [0.717, 1.165) is 22.7 Å². The average Bonchev–Trinajstić information content (AvgIpc) is 3.59. The smallest absolute Gasteiger partial charge is 0.231 e. The molecule has 0 aliphatic carbocycles. The molecule has 2 aromatic carbocycles. The first-order valence-corrected chi connectivity index (χ1v) is 11.7.